The van der Waals surface area contributed by atoms with Gasteiger partial charge in [0.05, 0.1) is 0 Å². The van der Waals surface area contributed by atoms with Crippen molar-refractivity contribution in [2.75, 3.05) is 0 Å². The summed E-state index contributed by atoms with van der Waals surface area (Å²) < 4.78 is 0. The lowest BCUT2D eigenvalue weighted by atomic mass is 9.60. The molecule has 0 bridgehead atoms. The maximum Gasteiger partial charge on any atom is -0.00800 e. The number of fused-ring (bicyclic) bond motifs is 1. The summed E-state index contributed by atoms with van der Waals surface area (Å²) in [5, 5.41) is 0. The van der Waals surface area contributed by atoms with Gasteiger partial charge in [-0.2, -0.15) is 0 Å². The molecule has 0 aromatic carbocycles. The smallest absolute Gasteiger partial charge is 0.00800 e. The second kappa shape index (κ2) is 4.55. The summed E-state index contributed by atoms with van der Waals surface area (Å²) >= 11 is 0. The van der Waals surface area contributed by atoms with Crippen molar-refractivity contribution in [3.8, 4) is 0 Å². The molecule has 1 fully saturated rings. The summed E-state index contributed by atoms with van der Waals surface area (Å²) in [6, 6.07) is 0. The first kappa shape index (κ1) is 12.2. The van der Waals surface area contributed by atoms with Gasteiger partial charge in [-0.05, 0) is 42.4 Å². The molecule has 0 amide bonds. The average Bonchev–Trinajstić information content (AvgIpc) is 2.57. The highest BCUT2D eigenvalue weighted by Crippen LogP contribution is 2.56. The molecule has 0 heterocycles. The highest BCUT2D eigenvalue weighted by atomic mass is 14.5. The van der Waals surface area contributed by atoms with Crippen molar-refractivity contribution in [1.29, 1.82) is 0 Å². The van der Waals surface area contributed by atoms with E-state index in [0.29, 0.717) is 5.41 Å². The third-order valence-corrected chi connectivity index (χ3v) is 5.36. The molecule has 0 aromatic heterocycles. The van der Waals surface area contributed by atoms with Crippen LogP contribution in [0.4, 0.5) is 0 Å². The van der Waals surface area contributed by atoms with E-state index in [0.717, 1.165) is 17.8 Å². The lowest BCUT2D eigenvalue weighted by Crippen LogP contribution is -2.35. The van der Waals surface area contributed by atoms with E-state index >= 15 is 0 Å². The second-order valence-electron chi connectivity index (χ2n) is 6.48. The fourth-order valence-electron chi connectivity index (χ4n) is 4.50. The van der Waals surface area contributed by atoms with Crippen molar-refractivity contribution in [1.82, 2.24) is 0 Å². The third kappa shape index (κ3) is 1.85. The Morgan fingerprint density at radius 2 is 2.25 bits per heavy atom. The topological polar surface area (TPSA) is 0 Å². The van der Waals surface area contributed by atoms with Gasteiger partial charge in [0, 0.05) is 0 Å². The Morgan fingerprint density at radius 3 is 2.94 bits per heavy atom. The van der Waals surface area contributed by atoms with E-state index < -0.39 is 0 Å². The number of allylic oxidation sites excluding steroid dienone is 2. The largest absolute Gasteiger partial charge is 0.0842 e. The van der Waals surface area contributed by atoms with Gasteiger partial charge in [0.25, 0.3) is 0 Å². The molecule has 0 nitrogen and oxygen atoms in total. The normalized spacial score (nSPS) is 40.4. The van der Waals surface area contributed by atoms with Crippen molar-refractivity contribution in [2.24, 2.45) is 23.2 Å². The summed E-state index contributed by atoms with van der Waals surface area (Å²) in [6.45, 7) is 9.79. The van der Waals surface area contributed by atoms with E-state index in [-0.39, 0.29) is 0 Å². The van der Waals surface area contributed by atoms with Crippen LogP contribution in [0.15, 0.2) is 11.6 Å². The third-order valence-electron chi connectivity index (χ3n) is 5.36. The van der Waals surface area contributed by atoms with Crippen LogP contribution in [0.25, 0.3) is 0 Å². The average molecular weight is 220 g/mol. The zero-order valence-corrected chi connectivity index (χ0v) is 11.6. The predicted molar refractivity (Wildman–Crippen MR) is 71.4 cm³/mol. The molecule has 0 unspecified atom stereocenters. The Kier molecular flexibility index (Phi) is 3.47. The minimum absolute atomic E-state index is 0.562. The molecule has 4 atom stereocenters. The first-order valence-corrected chi connectivity index (χ1v) is 7.30. The SMILES string of the molecule is CCC[C@@H](C)C1=CC[C@H]2[C@@H](C)CCC[C@]12C. The minimum Gasteiger partial charge on any atom is -0.0842 e. The van der Waals surface area contributed by atoms with Crippen LogP contribution in [0, 0.1) is 23.2 Å². The molecule has 0 radical (unpaired) electrons. The molecule has 0 N–H and O–H groups in total. The summed E-state index contributed by atoms with van der Waals surface area (Å²) in [5.74, 6) is 2.72. The van der Waals surface area contributed by atoms with Gasteiger partial charge in [-0.1, -0.05) is 58.6 Å². The monoisotopic (exact) mass is 220 g/mol. The Hall–Kier alpha value is -0.260. The van der Waals surface area contributed by atoms with E-state index in [1.54, 1.807) is 0 Å². The van der Waals surface area contributed by atoms with E-state index in [1.165, 1.54) is 38.5 Å². The molecular weight excluding hydrogens is 192 g/mol. The predicted octanol–water partition coefficient (Wildman–Crippen LogP) is 5.20. The highest BCUT2D eigenvalue weighted by molar-refractivity contribution is 5.25. The zero-order valence-electron chi connectivity index (χ0n) is 11.6. The van der Waals surface area contributed by atoms with Crippen LogP contribution in [0.1, 0.15) is 66.2 Å². The Balaban J connectivity index is 2.16. The van der Waals surface area contributed by atoms with Gasteiger partial charge < -0.3 is 0 Å². The fraction of sp³-hybridized carbons (Fsp3) is 0.875. The summed E-state index contributed by atoms with van der Waals surface area (Å²) in [4.78, 5) is 0. The maximum absolute atomic E-state index is 2.60. The zero-order chi connectivity index (χ0) is 11.8. The summed E-state index contributed by atoms with van der Waals surface area (Å²) in [5.41, 5.74) is 2.37. The van der Waals surface area contributed by atoms with Gasteiger partial charge in [0.15, 0.2) is 0 Å². The van der Waals surface area contributed by atoms with E-state index in [9.17, 15) is 0 Å². The van der Waals surface area contributed by atoms with E-state index in [2.05, 4.69) is 33.8 Å². The van der Waals surface area contributed by atoms with Gasteiger partial charge in [0.2, 0.25) is 0 Å². The summed E-state index contributed by atoms with van der Waals surface area (Å²) in [7, 11) is 0. The lowest BCUT2D eigenvalue weighted by molar-refractivity contribution is 0.110. The van der Waals surface area contributed by atoms with E-state index in [1.807, 2.05) is 5.57 Å². The van der Waals surface area contributed by atoms with Crippen molar-refractivity contribution in [2.45, 2.75) is 66.2 Å². The first-order chi connectivity index (χ1) is 7.59. The van der Waals surface area contributed by atoms with Gasteiger partial charge in [-0.3, -0.25) is 0 Å². The molecule has 0 heteroatoms. The van der Waals surface area contributed by atoms with E-state index in [4.69, 9.17) is 0 Å². The van der Waals surface area contributed by atoms with Crippen molar-refractivity contribution >= 4 is 0 Å². The maximum atomic E-state index is 2.60. The number of hydrogen-bond acceptors (Lipinski definition) is 0. The molecule has 2 aliphatic carbocycles. The molecule has 16 heavy (non-hydrogen) atoms. The standard InChI is InChI=1S/C16H28/c1-5-7-12(2)14-9-10-15-13(3)8-6-11-16(14,15)4/h9,12-13,15H,5-8,10-11H2,1-4H3/t12-,13+,15+,16-/m1/s1. The quantitative estimate of drug-likeness (QED) is 0.574. The number of hydrogen-bond donors (Lipinski definition) is 0. The Labute approximate surface area is 102 Å². The Bertz CT molecular complexity index is 276. The van der Waals surface area contributed by atoms with Crippen LogP contribution < -0.4 is 0 Å². The molecule has 0 saturated heterocycles. The summed E-state index contributed by atoms with van der Waals surface area (Å²) in [6.07, 6.45) is 11.0. The van der Waals surface area contributed by atoms with Crippen LogP contribution in [0.3, 0.4) is 0 Å². The molecule has 0 spiro atoms. The van der Waals surface area contributed by atoms with Crippen LogP contribution in [-0.4, -0.2) is 0 Å². The van der Waals surface area contributed by atoms with Gasteiger partial charge in [-0.25, -0.2) is 0 Å². The van der Waals surface area contributed by atoms with Gasteiger partial charge in [-0.15, -0.1) is 0 Å². The molecular formula is C16H28. The van der Waals surface area contributed by atoms with Crippen LogP contribution in [-0.2, 0) is 0 Å². The Morgan fingerprint density at radius 1 is 1.50 bits per heavy atom. The van der Waals surface area contributed by atoms with Crippen LogP contribution in [0.5, 0.6) is 0 Å². The lowest BCUT2D eigenvalue weighted by Gasteiger charge is -2.44. The fourth-order valence-corrected chi connectivity index (χ4v) is 4.50. The van der Waals surface area contributed by atoms with Crippen LogP contribution >= 0.6 is 0 Å². The minimum atomic E-state index is 0.562. The number of rotatable bonds is 3. The first-order valence-electron chi connectivity index (χ1n) is 7.30. The molecule has 2 aliphatic rings. The van der Waals surface area contributed by atoms with Crippen LogP contribution in [0.2, 0.25) is 0 Å². The van der Waals surface area contributed by atoms with Crippen molar-refractivity contribution < 1.29 is 0 Å². The van der Waals surface area contributed by atoms with Gasteiger partial charge in [0.1, 0.15) is 0 Å². The van der Waals surface area contributed by atoms with Gasteiger partial charge >= 0.3 is 0 Å². The molecule has 92 valence electrons. The highest BCUT2D eigenvalue weighted by Gasteiger charge is 2.46. The molecule has 2 rings (SSSR count). The van der Waals surface area contributed by atoms with Crippen molar-refractivity contribution in [3.63, 3.8) is 0 Å². The molecule has 0 aliphatic heterocycles. The molecule has 1 saturated carbocycles. The van der Waals surface area contributed by atoms with Crippen molar-refractivity contribution in [3.05, 3.63) is 11.6 Å². The second-order valence-corrected chi connectivity index (χ2v) is 6.48. The molecule has 0 aromatic rings.